The van der Waals surface area contributed by atoms with E-state index in [1.807, 2.05) is 11.9 Å². The molecule has 0 spiro atoms. The van der Waals surface area contributed by atoms with Crippen LogP contribution >= 0.6 is 0 Å². The largest absolute Gasteiger partial charge is 0.366 e. The van der Waals surface area contributed by atoms with Crippen LogP contribution in [0.4, 0.5) is 27.5 Å². The van der Waals surface area contributed by atoms with Crippen molar-refractivity contribution >= 4 is 34.8 Å². The van der Waals surface area contributed by atoms with Crippen LogP contribution in [-0.4, -0.2) is 34.2 Å². The molecule has 34 heavy (non-hydrogen) atoms. The van der Waals surface area contributed by atoms with Gasteiger partial charge in [0.15, 0.2) is 5.82 Å². The van der Waals surface area contributed by atoms with Crippen molar-refractivity contribution in [3.8, 4) is 0 Å². The van der Waals surface area contributed by atoms with E-state index in [0.717, 1.165) is 49.4 Å². The summed E-state index contributed by atoms with van der Waals surface area (Å²) in [5.74, 6) is 1.65. The summed E-state index contributed by atoms with van der Waals surface area (Å²) >= 11 is 0. The Kier molecular flexibility index (Phi) is 4.34. The molecule has 3 N–H and O–H groups in total. The highest BCUT2D eigenvalue weighted by molar-refractivity contribution is 5.94. The molecule has 4 saturated carbocycles. The number of benzene rings is 1. The van der Waals surface area contributed by atoms with Gasteiger partial charge in [0.2, 0.25) is 5.95 Å². The molecule has 1 aromatic heterocycles. The summed E-state index contributed by atoms with van der Waals surface area (Å²) in [6.07, 6.45) is 6.44. The predicted molar refractivity (Wildman–Crippen MR) is 126 cm³/mol. The van der Waals surface area contributed by atoms with E-state index >= 15 is 0 Å². The number of Topliss-reactive ketones (excluding diaryl/α,β-unsaturated/α-hetero) is 1. The van der Waals surface area contributed by atoms with Crippen LogP contribution in [-0.2, 0) is 4.79 Å². The van der Waals surface area contributed by atoms with Crippen molar-refractivity contribution in [1.29, 1.82) is 0 Å². The zero-order valence-corrected chi connectivity index (χ0v) is 19.3. The number of hydrogen-bond donors (Lipinski definition) is 2. The molecule has 9 heteroatoms. The number of carbonyl (C=O) groups excluding carboxylic acids is 2. The van der Waals surface area contributed by atoms with Gasteiger partial charge in [-0.3, -0.25) is 9.59 Å². The maximum Gasteiger partial charge on any atom is 0.251 e. The van der Waals surface area contributed by atoms with E-state index in [1.54, 1.807) is 13.1 Å². The molecule has 0 saturated heterocycles. The van der Waals surface area contributed by atoms with Gasteiger partial charge in [0.1, 0.15) is 23.1 Å². The first-order valence-electron chi connectivity index (χ1n) is 11.7. The second kappa shape index (κ2) is 7.01. The zero-order valence-electron chi connectivity index (χ0n) is 19.3. The topological polar surface area (TPSA) is 104 Å². The highest BCUT2D eigenvalue weighted by atomic mass is 19.1. The van der Waals surface area contributed by atoms with Gasteiger partial charge in [0.25, 0.3) is 5.91 Å². The van der Waals surface area contributed by atoms with Crippen molar-refractivity contribution in [3.05, 3.63) is 47.7 Å². The predicted octanol–water partition coefficient (Wildman–Crippen LogP) is 3.64. The smallest absolute Gasteiger partial charge is 0.251 e. The van der Waals surface area contributed by atoms with Gasteiger partial charge < -0.3 is 20.9 Å². The lowest BCUT2D eigenvalue weighted by molar-refractivity contribution is -0.141. The Balaban J connectivity index is 1.37. The normalized spacial score (nSPS) is 29.1. The van der Waals surface area contributed by atoms with Gasteiger partial charge in [-0.25, -0.2) is 9.37 Å². The van der Waals surface area contributed by atoms with Crippen LogP contribution in [0.2, 0.25) is 0 Å². The minimum absolute atomic E-state index is 0.127. The fraction of sp³-hybridized carbons (Fsp3) is 0.440. The minimum Gasteiger partial charge on any atom is -0.366 e. The van der Waals surface area contributed by atoms with Crippen molar-refractivity contribution < 1.29 is 14.0 Å². The number of nitrogens with zero attached hydrogens (tertiary/aromatic N) is 4. The van der Waals surface area contributed by atoms with Crippen molar-refractivity contribution in [2.75, 3.05) is 22.2 Å². The summed E-state index contributed by atoms with van der Waals surface area (Å²) in [5.41, 5.74) is 6.89. The molecule has 2 unspecified atom stereocenters. The van der Waals surface area contributed by atoms with Crippen LogP contribution in [0.25, 0.3) is 0 Å². The fourth-order valence-corrected chi connectivity index (χ4v) is 6.84. The standard InChI is InChI=1S/C25H27FN6O2/c1-12-4-17(22(27)34)18(26)7-19(12)29-24-28-11-20-23(30-24)32(13(2)31(20)3)25-8-14-5-15(9-25)21(33)16(6-14)10-25/h4,7,11,14-16H,2,5-6,8-10H2,1,3H3,(H2,27,34)(H,28,29,30). The molecular formula is C25H27FN6O2. The third-order valence-electron chi connectivity index (χ3n) is 8.23. The maximum absolute atomic E-state index is 14.4. The van der Waals surface area contributed by atoms with Gasteiger partial charge in [-0.05, 0) is 62.6 Å². The molecule has 176 valence electrons. The summed E-state index contributed by atoms with van der Waals surface area (Å²) < 4.78 is 14.4. The van der Waals surface area contributed by atoms with E-state index in [4.69, 9.17) is 10.7 Å². The molecule has 2 heterocycles. The van der Waals surface area contributed by atoms with Gasteiger partial charge in [-0.2, -0.15) is 4.98 Å². The van der Waals surface area contributed by atoms with Gasteiger partial charge >= 0.3 is 0 Å². The number of hydrogen-bond acceptors (Lipinski definition) is 7. The molecule has 4 bridgehead atoms. The Morgan fingerprint density at radius 1 is 1.26 bits per heavy atom. The van der Waals surface area contributed by atoms with Crippen molar-refractivity contribution in [1.82, 2.24) is 9.97 Å². The Morgan fingerprint density at radius 3 is 2.65 bits per heavy atom. The molecular weight excluding hydrogens is 435 g/mol. The Labute approximate surface area is 197 Å². The average molecular weight is 463 g/mol. The highest BCUT2D eigenvalue weighted by Gasteiger charge is 2.59. The number of aryl methyl sites for hydroxylation is 1. The highest BCUT2D eigenvalue weighted by Crippen LogP contribution is 2.59. The van der Waals surface area contributed by atoms with Crippen molar-refractivity contribution in [2.24, 2.45) is 23.5 Å². The maximum atomic E-state index is 14.4. The summed E-state index contributed by atoms with van der Waals surface area (Å²) in [5, 5.41) is 3.10. The van der Waals surface area contributed by atoms with E-state index in [-0.39, 0.29) is 22.9 Å². The number of fused-ring (bicyclic) bond motifs is 1. The quantitative estimate of drug-likeness (QED) is 0.715. The lowest BCUT2D eigenvalue weighted by atomic mass is 9.52. The monoisotopic (exact) mass is 462 g/mol. The Bertz CT molecular complexity index is 1260. The minimum atomic E-state index is -0.813. The second-order valence-corrected chi connectivity index (χ2v) is 10.3. The average Bonchev–Trinajstić information content (AvgIpc) is 3.03. The number of amides is 1. The summed E-state index contributed by atoms with van der Waals surface area (Å²) in [6, 6.07) is 2.65. The number of nitrogens with one attached hydrogen (secondary N) is 1. The lowest BCUT2D eigenvalue weighted by Crippen LogP contribution is -2.62. The van der Waals surface area contributed by atoms with E-state index in [1.165, 1.54) is 12.1 Å². The van der Waals surface area contributed by atoms with Crippen LogP contribution in [0.1, 0.15) is 48.0 Å². The van der Waals surface area contributed by atoms with Crippen LogP contribution in [0, 0.1) is 30.5 Å². The Morgan fingerprint density at radius 2 is 1.97 bits per heavy atom. The van der Waals surface area contributed by atoms with Crippen LogP contribution in [0.15, 0.2) is 30.7 Å². The zero-order chi connectivity index (χ0) is 23.9. The first-order chi connectivity index (χ1) is 16.2. The Hall–Kier alpha value is -3.49. The summed E-state index contributed by atoms with van der Waals surface area (Å²) in [7, 11) is 1.95. The molecule has 2 aromatic rings. The molecule has 1 aromatic carbocycles. The molecule has 1 amide bonds. The summed E-state index contributed by atoms with van der Waals surface area (Å²) in [6.45, 7) is 6.12. The lowest BCUT2D eigenvalue weighted by Gasteiger charge is -2.59. The van der Waals surface area contributed by atoms with Crippen LogP contribution in [0.5, 0.6) is 0 Å². The first-order valence-corrected chi connectivity index (χ1v) is 11.7. The molecule has 8 nitrogen and oxygen atoms in total. The van der Waals surface area contributed by atoms with Crippen molar-refractivity contribution in [3.63, 3.8) is 0 Å². The van der Waals surface area contributed by atoms with Gasteiger partial charge in [-0.1, -0.05) is 6.58 Å². The van der Waals surface area contributed by atoms with Gasteiger partial charge in [0, 0.05) is 30.1 Å². The molecule has 1 aliphatic heterocycles. The molecule has 5 aliphatic rings. The number of aromatic nitrogens is 2. The first kappa shape index (κ1) is 21.1. The van der Waals surface area contributed by atoms with E-state index in [9.17, 15) is 14.0 Å². The molecule has 0 radical (unpaired) electrons. The number of nitrogens with two attached hydrogens (primary N) is 1. The fourth-order valence-electron chi connectivity index (χ4n) is 6.84. The number of carbonyl (C=O) groups is 2. The number of ketones is 1. The SMILES string of the molecule is C=C1N(C)c2cnc(Nc3cc(F)c(C(N)=O)cc3C)nc2N1C12CC3CC(C1)C(=O)C(C3)C2. The number of halogens is 1. The van der Waals surface area contributed by atoms with E-state index < -0.39 is 11.7 Å². The third-order valence-corrected chi connectivity index (χ3v) is 8.23. The van der Waals surface area contributed by atoms with E-state index in [0.29, 0.717) is 28.9 Å². The number of anilines is 4. The van der Waals surface area contributed by atoms with Crippen LogP contribution in [0.3, 0.4) is 0 Å². The third kappa shape index (κ3) is 2.88. The second-order valence-electron chi connectivity index (χ2n) is 10.3. The molecule has 7 rings (SSSR count). The van der Waals surface area contributed by atoms with Crippen molar-refractivity contribution in [2.45, 2.75) is 44.6 Å². The molecule has 4 fully saturated rings. The van der Waals surface area contributed by atoms with Crippen LogP contribution < -0.4 is 20.9 Å². The molecule has 4 aliphatic carbocycles. The number of primary amides is 1. The van der Waals surface area contributed by atoms with E-state index in [2.05, 4.69) is 21.8 Å². The number of rotatable bonds is 4. The summed E-state index contributed by atoms with van der Waals surface area (Å²) in [4.78, 5) is 37.7. The van der Waals surface area contributed by atoms with Gasteiger partial charge in [-0.15, -0.1) is 0 Å². The van der Waals surface area contributed by atoms with Gasteiger partial charge in [0.05, 0.1) is 11.8 Å². The molecule has 2 atom stereocenters.